The van der Waals surface area contributed by atoms with Gasteiger partial charge < -0.3 is 10.1 Å². The first-order chi connectivity index (χ1) is 11.8. The summed E-state index contributed by atoms with van der Waals surface area (Å²) in [7, 11) is 0. The molecule has 1 atom stereocenters. The average molecular weight is 339 g/mol. The number of esters is 1. The fourth-order valence-electron chi connectivity index (χ4n) is 2.37. The van der Waals surface area contributed by atoms with Crippen LogP contribution in [0.4, 0.5) is 0 Å². The van der Waals surface area contributed by atoms with Crippen molar-refractivity contribution in [1.82, 2.24) is 5.32 Å². The van der Waals surface area contributed by atoms with E-state index in [-0.39, 0.29) is 5.91 Å². The molecule has 2 aromatic rings. The van der Waals surface area contributed by atoms with E-state index < -0.39 is 17.5 Å². The van der Waals surface area contributed by atoms with Crippen molar-refractivity contribution < 1.29 is 14.3 Å². The Hall–Kier alpha value is -2.62. The van der Waals surface area contributed by atoms with Crippen molar-refractivity contribution in [3.63, 3.8) is 0 Å². The van der Waals surface area contributed by atoms with Crippen molar-refractivity contribution in [2.75, 3.05) is 0 Å². The Morgan fingerprint density at radius 2 is 1.64 bits per heavy atom. The number of aryl methyl sites for hydroxylation is 1. The Labute approximate surface area is 149 Å². The molecule has 132 valence electrons. The molecule has 0 aromatic heterocycles. The normalized spacial score (nSPS) is 12.3. The Kier molecular flexibility index (Phi) is 5.97. The molecule has 0 spiro atoms. The largest absolute Gasteiger partial charge is 0.452 e. The zero-order valence-electron chi connectivity index (χ0n) is 15.2. The van der Waals surface area contributed by atoms with Gasteiger partial charge in [-0.3, -0.25) is 9.59 Å². The van der Waals surface area contributed by atoms with Gasteiger partial charge in [0.25, 0.3) is 5.91 Å². The summed E-state index contributed by atoms with van der Waals surface area (Å²) in [5, 5.41) is 2.80. The number of benzene rings is 2. The number of rotatable bonds is 6. The second-order valence-corrected chi connectivity index (χ2v) is 6.74. The van der Waals surface area contributed by atoms with Gasteiger partial charge in [0, 0.05) is 6.54 Å². The lowest BCUT2D eigenvalue weighted by atomic mass is 9.85. The third-order valence-electron chi connectivity index (χ3n) is 4.25. The molecule has 0 unspecified atom stereocenters. The molecule has 4 nitrogen and oxygen atoms in total. The van der Waals surface area contributed by atoms with Crippen molar-refractivity contribution in [3.8, 4) is 0 Å². The van der Waals surface area contributed by atoms with Gasteiger partial charge in [-0.25, -0.2) is 0 Å². The first kappa shape index (κ1) is 18.7. The maximum absolute atomic E-state index is 12.5. The minimum atomic E-state index is -0.846. The molecule has 0 aliphatic carbocycles. The topological polar surface area (TPSA) is 55.4 Å². The third kappa shape index (κ3) is 4.92. The molecular formula is C21H25NO3. The lowest BCUT2D eigenvalue weighted by Gasteiger charge is -2.25. The summed E-state index contributed by atoms with van der Waals surface area (Å²) in [5.74, 6) is -0.727. The fourth-order valence-corrected chi connectivity index (χ4v) is 2.37. The first-order valence-corrected chi connectivity index (χ1v) is 8.40. The summed E-state index contributed by atoms with van der Waals surface area (Å²) in [6, 6.07) is 17.3. The molecule has 2 rings (SSSR count). The van der Waals surface area contributed by atoms with Gasteiger partial charge in [0.05, 0.1) is 5.41 Å². The average Bonchev–Trinajstić information content (AvgIpc) is 2.61. The molecule has 0 saturated carbocycles. The van der Waals surface area contributed by atoms with Gasteiger partial charge in [-0.15, -0.1) is 0 Å². The van der Waals surface area contributed by atoms with E-state index in [9.17, 15) is 9.59 Å². The minimum Gasteiger partial charge on any atom is -0.452 e. The molecule has 25 heavy (non-hydrogen) atoms. The van der Waals surface area contributed by atoms with Gasteiger partial charge in [-0.1, -0.05) is 60.2 Å². The van der Waals surface area contributed by atoms with Gasteiger partial charge in [-0.05, 0) is 38.8 Å². The van der Waals surface area contributed by atoms with E-state index >= 15 is 0 Å². The number of carbonyl (C=O) groups is 2. The van der Waals surface area contributed by atoms with Crippen LogP contribution in [0.5, 0.6) is 0 Å². The van der Waals surface area contributed by atoms with Crippen LogP contribution in [0.1, 0.15) is 37.5 Å². The van der Waals surface area contributed by atoms with E-state index in [1.807, 2.05) is 61.5 Å². The maximum atomic E-state index is 12.5. The molecule has 2 aromatic carbocycles. The van der Waals surface area contributed by atoms with E-state index in [2.05, 4.69) is 5.32 Å². The van der Waals surface area contributed by atoms with E-state index in [0.717, 1.165) is 11.1 Å². The van der Waals surface area contributed by atoms with Crippen LogP contribution in [0.15, 0.2) is 54.6 Å². The molecule has 1 amide bonds. The number of carbonyl (C=O) groups excluding carboxylic acids is 2. The van der Waals surface area contributed by atoms with Crippen molar-refractivity contribution in [2.24, 2.45) is 0 Å². The SMILES string of the molecule is Cc1ccc(CNC(=O)[C@@H](C)OC(=O)C(C)(C)c2ccccc2)cc1. The van der Waals surface area contributed by atoms with Gasteiger partial charge in [0.1, 0.15) is 0 Å². The summed E-state index contributed by atoms with van der Waals surface area (Å²) in [4.78, 5) is 24.7. The number of hydrogen-bond acceptors (Lipinski definition) is 3. The molecule has 0 heterocycles. The van der Waals surface area contributed by atoms with E-state index in [4.69, 9.17) is 4.74 Å². The first-order valence-electron chi connectivity index (χ1n) is 8.40. The summed E-state index contributed by atoms with van der Waals surface area (Å²) >= 11 is 0. The molecule has 0 aliphatic rings. The molecule has 0 fully saturated rings. The summed E-state index contributed by atoms with van der Waals surface area (Å²) in [5.41, 5.74) is 2.21. The fraction of sp³-hybridized carbons (Fsp3) is 0.333. The van der Waals surface area contributed by atoms with Crippen LogP contribution in [0.3, 0.4) is 0 Å². The molecule has 0 aliphatic heterocycles. The lowest BCUT2D eigenvalue weighted by Crippen LogP contribution is -2.40. The van der Waals surface area contributed by atoms with Crippen molar-refractivity contribution in [2.45, 2.75) is 45.8 Å². The van der Waals surface area contributed by atoms with Gasteiger partial charge in [0.2, 0.25) is 0 Å². The van der Waals surface area contributed by atoms with Crippen LogP contribution in [-0.4, -0.2) is 18.0 Å². The summed E-state index contributed by atoms with van der Waals surface area (Å²) in [6.45, 7) is 7.59. The number of hydrogen-bond donors (Lipinski definition) is 1. The highest BCUT2D eigenvalue weighted by atomic mass is 16.5. The van der Waals surface area contributed by atoms with Crippen LogP contribution in [0.25, 0.3) is 0 Å². The van der Waals surface area contributed by atoms with E-state index in [1.54, 1.807) is 20.8 Å². The Bertz CT molecular complexity index is 721. The van der Waals surface area contributed by atoms with Crippen LogP contribution in [0, 0.1) is 6.92 Å². The second kappa shape index (κ2) is 7.97. The molecule has 1 N–H and O–H groups in total. The number of nitrogens with one attached hydrogen (secondary N) is 1. The highest BCUT2D eigenvalue weighted by Gasteiger charge is 2.33. The van der Waals surface area contributed by atoms with Gasteiger partial charge >= 0.3 is 5.97 Å². The second-order valence-electron chi connectivity index (χ2n) is 6.74. The van der Waals surface area contributed by atoms with Crippen LogP contribution >= 0.6 is 0 Å². The van der Waals surface area contributed by atoms with E-state index in [1.165, 1.54) is 5.56 Å². The molecule has 0 bridgehead atoms. The van der Waals surface area contributed by atoms with Crippen LogP contribution in [0.2, 0.25) is 0 Å². The van der Waals surface area contributed by atoms with Gasteiger partial charge in [0.15, 0.2) is 6.10 Å². The zero-order chi connectivity index (χ0) is 18.4. The monoisotopic (exact) mass is 339 g/mol. The predicted molar refractivity (Wildman–Crippen MR) is 98.0 cm³/mol. The number of amides is 1. The smallest absolute Gasteiger partial charge is 0.316 e. The minimum absolute atomic E-state index is 0.308. The Balaban J connectivity index is 1.91. The standard InChI is InChI=1S/C21H25NO3/c1-15-10-12-17(13-11-15)14-22-19(23)16(2)25-20(24)21(3,4)18-8-6-5-7-9-18/h5-13,16H,14H2,1-4H3,(H,22,23)/t16-/m1/s1. The zero-order valence-corrected chi connectivity index (χ0v) is 15.2. The molecule has 4 heteroatoms. The molecule has 0 saturated heterocycles. The number of ether oxygens (including phenoxy) is 1. The third-order valence-corrected chi connectivity index (χ3v) is 4.25. The Morgan fingerprint density at radius 1 is 1.04 bits per heavy atom. The van der Waals surface area contributed by atoms with Crippen LogP contribution in [-0.2, 0) is 26.3 Å². The molecule has 0 radical (unpaired) electrons. The predicted octanol–water partition coefficient (Wildman–Crippen LogP) is 3.52. The lowest BCUT2D eigenvalue weighted by molar-refractivity contribution is -0.159. The van der Waals surface area contributed by atoms with Crippen molar-refractivity contribution in [3.05, 3.63) is 71.3 Å². The van der Waals surface area contributed by atoms with E-state index in [0.29, 0.717) is 6.54 Å². The van der Waals surface area contributed by atoms with Crippen molar-refractivity contribution in [1.29, 1.82) is 0 Å². The highest BCUT2D eigenvalue weighted by molar-refractivity contribution is 5.87. The van der Waals surface area contributed by atoms with Crippen molar-refractivity contribution >= 4 is 11.9 Å². The Morgan fingerprint density at radius 3 is 2.24 bits per heavy atom. The summed E-state index contributed by atoms with van der Waals surface area (Å²) in [6.07, 6.45) is -0.846. The quantitative estimate of drug-likeness (QED) is 0.819. The summed E-state index contributed by atoms with van der Waals surface area (Å²) < 4.78 is 5.39. The van der Waals surface area contributed by atoms with Gasteiger partial charge in [-0.2, -0.15) is 0 Å². The maximum Gasteiger partial charge on any atom is 0.316 e. The molecular weight excluding hydrogens is 314 g/mol. The van der Waals surface area contributed by atoms with Crippen LogP contribution < -0.4 is 5.32 Å². The highest BCUT2D eigenvalue weighted by Crippen LogP contribution is 2.25.